The Labute approximate surface area is 171 Å². The summed E-state index contributed by atoms with van der Waals surface area (Å²) in [6.45, 7) is 1.83. The van der Waals surface area contributed by atoms with Crippen molar-refractivity contribution in [3.63, 3.8) is 0 Å². The molecule has 30 heavy (non-hydrogen) atoms. The van der Waals surface area contributed by atoms with Crippen LogP contribution in [-0.4, -0.2) is 41.9 Å². The first-order chi connectivity index (χ1) is 14.2. The van der Waals surface area contributed by atoms with Gasteiger partial charge in [0, 0.05) is 29.8 Å². The summed E-state index contributed by atoms with van der Waals surface area (Å²) in [6, 6.07) is 15.3. The van der Waals surface area contributed by atoms with Gasteiger partial charge in [0.1, 0.15) is 11.9 Å². The van der Waals surface area contributed by atoms with Crippen molar-refractivity contribution in [3.05, 3.63) is 54.6 Å². The highest BCUT2D eigenvalue weighted by Crippen LogP contribution is 2.27. The molecule has 0 fully saturated rings. The van der Waals surface area contributed by atoms with Crippen LogP contribution in [0.4, 0.5) is 18.9 Å². The first kappa shape index (κ1) is 21.6. The van der Waals surface area contributed by atoms with Gasteiger partial charge in [0.2, 0.25) is 0 Å². The number of fused-ring (bicyclic) bond motifs is 1. The summed E-state index contributed by atoms with van der Waals surface area (Å²) in [6.07, 6.45) is -4.56. The quantitative estimate of drug-likeness (QED) is 0.637. The SMILES string of the molecule is CCC(CO)Oc1ccc2ccc(-c3ccc(N(C)C(=O)C(F)(F)F)cc3)nc2c1. The van der Waals surface area contributed by atoms with Gasteiger partial charge in [-0.2, -0.15) is 13.2 Å². The van der Waals surface area contributed by atoms with E-state index >= 15 is 0 Å². The van der Waals surface area contributed by atoms with Gasteiger partial charge in [0.15, 0.2) is 0 Å². The van der Waals surface area contributed by atoms with E-state index in [4.69, 9.17) is 4.74 Å². The fourth-order valence-electron chi connectivity index (χ4n) is 2.94. The minimum absolute atomic E-state index is 0.0837. The Balaban J connectivity index is 1.86. The van der Waals surface area contributed by atoms with E-state index in [1.54, 1.807) is 18.2 Å². The van der Waals surface area contributed by atoms with Crippen LogP contribution >= 0.6 is 0 Å². The standard InChI is InChI=1S/C22H21F3N2O3/c1-3-17(13-28)30-18-10-6-15-7-11-19(26-20(15)12-18)14-4-8-16(9-5-14)27(2)21(29)22(23,24)25/h4-12,17,28H,3,13H2,1-2H3. The third-order valence-corrected chi connectivity index (χ3v) is 4.72. The van der Waals surface area contributed by atoms with E-state index in [2.05, 4.69) is 4.98 Å². The summed E-state index contributed by atoms with van der Waals surface area (Å²) in [4.78, 5) is 16.6. The smallest absolute Gasteiger partial charge is 0.471 e. The summed E-state index contributed by atoms with van der Waals surface area (Å²) >= 11 is 0. The highest BCUT2D eigenvalue weighted by molar-refractivity contribution is 5.97. The first-order valence-electron chi connectivity index (χ1n) is 9.36. The number of amides is 1. The lowest BCUT2D eigenvalue weighted by Gasteiger charge is -2.19. The van der Waals surface area contributed by atoms with Crippen LogP contribution < -0.4 is 9.64 Å². The summed E-state index contributed by atoms with van der Waals surface area (Å²) in [5.74, 6) is -1.34. The largest absolute Gasteiger partial charge is 0.488 e. The summed E-state index contributed by atoms with van der Waals surface area (Å²) in [7, 11) is 1.08. The second kappa shape index (κ2) is 8.71. The molecule has 0 bridgehead atoms. The molecule has 0 aliphatic rings. The molecule has 1 N–H and O–H groups in total. The second-order valence-electron chi connectivity index (χ2n) is 6.79. The van der Waals surface area contributed by atoms with Crippen molar-refractivity contribution in [1.29, 1.82) is 0 Å². The van der Waals surface area contributed by atoms with E-state index in [9.17, 15) is 23.1 Å². The maximum absolute atomic E-state index is 12.6. The van der Waals surface area contributed by atoms with Crippen molar-refractivity contribution in [2.24, 2.45) is 0 Å². The van der Waals surface area contributed by atoms with Gasteiger partial charge in [-0.1, -0.05) is 25.1 Å². The number of hydrogen-bond acceptors (Lipinski definition) is 4. The molecule has 158 valence electrons. The maximum atomic E-state index is 12.6. The molecule has 0 aliphatic carbocycles. The molecular formula is C22H21F3N2O3. The minimum atomic E-state index is -4.93. The summed E-state index contributed by atoms with van der Waals surface area (Å²) in [5.41, 5.74) is 2.14. The number of carbonyl (C=O) groups is 1. The van der Waals surface area contributed by atoms with Crippen LogP contribution in [-0.2, 0) is 4.79 Å². The predicted molar refractivity (Wildman–Crippen MR) is 108 cm³/mol. The van der Waals surface area contributed by atoms with Crippen molar-refractivity contribution >= 4 is 22.5 Å². The number of pyridine rings is 1. The number of hydrogen-bond donors (Lipinski definition) is 1. The average molecular weight is 418 g/mol. The van der Waals surface area contributed by atoms with E-state index < -0.39 is 12.1 Å². The molecule has 1 amide bonds. The number of benzene rings is 2. The van der Waals surface area contributed by atoms with Crippen LogP contribution in [0, 0.1) is 0 Å². The van der Waals surface area contributed by atoms with Crippen molar-refractivity contribution in [2.75, 3.05) is 18.6 Å². The Kier molecular flexibility index (Phi) is 6.26. The third-order valence-electron chi connectivity index (χ3n) is 4.72. The number of rotatable bonds is 6. The molecule has 1 unspecified atom stereocenters. The van der Waals surface area contributed by atoms with Gasteiger partial charge in [0.25, 0.3) is 0 Å². The van der Waals surface area contributed by atoms with Crippen molar-refractivity contribution in [1.82, 2.24) is 4.98 Å². The van der Waals surface area contributed by atoms with Crippen molar-refractivity contribution in [3.8, 4) is 17.0 Å². The number of carbonyl (C=O) groups excluding carboxylic acids is 1. The number of alkyl halides is 3. The maximum Gasteiger partial charge on any atom is 0.471 e. The fourth-order valence-corrected chi connectivity index (χ4v) is 2.94. The van der Waals surface area contributed by atoms with Crippen LogP contribution in [0.25, 0.3) is 22.2 Å². The molecule has 0 radical (unpaired) electrons. The summed E-state index contributed by atoms with van der Waals surface area (Å²) in [5, 5.41) is 10.2. The van der Waals surface area contributed by atoms with Gasteiger partial charge in [-0.25, -0.2) is 4.98 Å². The molecule has 5 nitrogen and oxygen atoms in total. The monoisotopic (exact) mass is 418 g/mol. The van der Waals surface area contributed by atoms with E-state index in [1.165, 1.54) is 12.1 Å². The molecule has 0 saturated carbocycles. The van der Waals surface area contributed by atoms with Crippen LogP contribution in [0.1, 0.15) is 13.3 Å². The number of ether oxygens (including phenoxy) is 1. The molecule has 3 rings (SSSR count). The van der Waals surface area contributed by atoms with E-state index in [0.717, 1.165) is 12.4 Å². The first-order valence-corrected chi connectivity index (χ1v) is 9.36. The Bertz CT molecular complexity index is 1030. The zero-order chi connectivity index (χ0) is 21.9. The lowest BCUT2D eigenvalue weighted by atomic mass is 10.1. The second-order valence-corrected chi connectivity index (χ2v) is 6.79. The molecule has 2 aromatic carbocycles. The van der Waals surface area contributed by atoms with E-state index in [0.29, 0.717) is 33.8 Å². The van der Waals surface area contributed by atoms with Gasteiger partial charge in [-0.05, 0) is 36.8 Å². The molecule has 1 atom stereocenters. The average Bonchev–Trinajstić information content (AvgIpc) is 2.75. The number of aliphatic hydroxyl groups is 1. The lowest BCUT2D eigenvalue weighted by molar-refractivity contribution is -0.170. The van der Waals surface area contributed by atoms with Crippen LogP contribution in [0.15, 0.2) is 54.6 Å². The molecule has 8 heteroatoms. The molecule has 1 heterocycles. The zero-order valence-corrected chi connectivity index (χ0v) is 16.5. The lowest BCUT2D eigenvalue weighted by Crippen LogP contribution is -2.38. The minimum Gasteiger partial charge on any atom is -0.488 e. The predicted octanol–water partition coefficient (Wildman–Crippen LogP) is 4.58. The number of halogens is 3. The molecule has 0 saturated heterocycles. The van der Waals surface area contributed by atoms with Gasteiger partial charge in [-0.3, -0.25) is 4.79 Å². The fraction of sp³-hybridized carbons (Fsp3) is 0.273. The van der Waals surface area contributed by atoms with Crippen LogP contribution in [0.5, 0.6) is 5.75 Å². The number of aliphatic hydroxyl groups excluding tert-OH is 1. The highest BCUT2D eigenvalue weighted by atomic mass is 19.4. The topological polar surface area (TPSA) is 62.7 Å². The van der Waals surface area contributed by atoms with Gasteiger partial charge in [-0.15, -0.1) is 0 Å². The third kappa shape index (κ3) is 4.71. The Morgan fingerprint density at radius 2 is 1.80 bits per heavy atom. The zero-order valence-electron chi connectivity index (χ0n) is 16.5. The van der Waals surface area contributed by atoms with Gasteiger partial charge in [0.05, 0.1) is 17.8 Å². The van der Waals surface area contributed by atoms with Crippen LogP contribution in [0.3, 0.4) is 0 Å². The van der Waals surface area contributed by atoms with Gasteiger partial charge < -0.3 is 14.7 Å². The summed E-state index contributed by atoms with van der Waals surface area (Å²) < 4.78 is 43.6. The van der Waals surface area contributed by atoms with Crippen LogP contribution in [0.2, 0.25) is 0 Å². The molecule has 0 spiro atoms. The molecule has 0 aliphatic heterocycles. The van der Waals surface area contributed by atoms with E-state index in [-0.39, 0.29) is 18.4 Å². The molecule has 3 aromatic rings. The Hall–Kier alpha value is -3.13. The molecular weight excluding hydrogens is 397 g/mol. The molecule has 1 aromatic heterocycles. The van der Waals surface area contributed by atoms with Crippen molar-refractivity contribution in [2.45, 2.75) is 25.6 Å². The number of anilines is 1. The van der Waals surface area contributed by atoms with Crippen molar-refractivity contribution < 1.29 is 27.8 Å². The normalized spacial score (nSPS) is 12.6. The van der Waals surface area contributed by atoms with Gasteiger partial charge >= 0.3 is 12.1 Å². The number of nitrogens with zero attached hydrogens (tertiary/aromatic N) is 2. The Morgan fingerprint density at radius 3 is 2.40 bits per heavy atom. The number of aromatic nitrogens is 1. The Morgan fingerprint density at radius 1 is 1.13 bits per heavy atom. The van der Waals surface area contributed by atoms with E-state index in [1.807, 2.05) is 31.2 Å². The highest BCUT2D eigenvalue weighted by Gasteiger charge is 2.41.